The number of ketones is 1. The highest BCUT2D eigenvalue weighted by molar-refractivity contribution is 6.32. The van der Waals surface area contributed by atoms with Gasteiger partial charge in [0.2, 0.25) is 0 Å². The number of hydrogen-bond acceptors (Lipinski definition) is 3. The fraction of sp³-hybridized carbons (Fsp3) is 0.0588. The molecular weight excluding hydrogens is 302 g/mol. The van der Waals surface area contributed by atoms with Crippen LogP contribution in [-0.4, -0.2) is 18.3 Å². The molecule has 0 spiro atoms. The van der Waals surface area contributed by atoms with Crippen LogP contribution in [0.5, 0.6) is 5.75 Å². The number of allylic oxidation sites excluding steroid dienone is 1. The van der Waals surface area contributed by atoms with E-state index in [0.29, 0.717) is 16.3 Å². The molecule has 112 valence electrons. The summed E-state index contributed by atoms with van der Waals surface area (Å²) in [6, 6.07) is 13.7. The van der Waals surface area contributed by atoms with Crippen molar-refractivity contribution in [1.82, 2.24) is 0 Å². The molecule has 0 aliphatic carbocycles. The predicted molar refractivity (Wildman–Crippen MR) is 85.9 cm³/mol. The van der Waals surface area contributed by atoms with Crippen LogP contribution in [0.1, 0.15) is 15.9 Å². The van der Waals surface area contributed by atoms with E-state index in [0.717, 1.165) is 5.56 Å². The van der Waals surface area contributed by atoms with Crippen LogP contribution in [0.4, 0.5) is 0 Å². The maximum absolute atomic E-state index is 12.1. The number of primary amides is 1. The first-order valence-electron chi connectivity index (χ1n) is 6.54. The molecule has 2 aromatic rings. The highest BCUT2D eigenvalue weighted by atomic mass is 35.5. The van der Waals surface area contributed by atoms with E-state index in [4.69, 9.17) is 22.1 Å². The molecule has 5 heteroatoms. The van der Waals surface area contributed by atoms with E-state index in [1.165, 1.54) is 6.08 Å². The van der Waals surface area contributed by atoms with Crippen LogP contribution in [0.3, 0.4) is 0 Å². The van der Waals surface area contributed by atoms with Gasteiger partial charge in [-0.2, -0.15) is 0 Å². The Morgan fingerprint density at radius 1 is 1.09 bits per heavy atom. The minimum Gasteiger partial charge on any atom is -0.484 e. The number of benzene rings is 2. The first-order valence-corrected chi connectivity index (χ1v) is 6.92. The summed E-state index contributed by atoms with van der Waals surface area (Å²) in [5.41, 5.74) is 6.27. The van der Waals surface area contributed by atoms with Crippen molar-refractivity contribution in [3.63, 3.8) is 0 Å². The number of carbonyl (C=O) groups excluding carboxylic acids is 2. The van der Waals surface area contributed by atoms with Crippen LogP contribution in [-0.2, 0) is 4.79 Å². The zero-order valence-corrected chi connectivity index (χ0v) is 12.4. The van der Waals surface area contributed by atoms with Crippen molar-refractivity contribution in [2.24, 2.45) is 5.73 Å². The smallest absolute Gasteiger partial charge is 0.255 e. The van der Waals surface area contributed by atoms with E-state index in [1.807, 2.05) is 18.2 Å². The topological polar surface area (TPSA) is 69.4 Å². The van der Waals surface area contributed by atoms with Crippen molar-refractivity contribution in [3.8, 4) is 5.75 Å². The molecule has 1 amide bonds. The summed E-state index contributed by atoms with van der Waals surface area (Å²) in [5, 5.41) is 0.585. The average molecular weight is 316 g/mol. The third kappa shape index (κ3) is 4.46. The van der Waals surface area contributed by atoms with Crippen LogP contribution in [0.2, 0.25) is 5.02 Å². The van der Waals surface area contributed by atoms with Gasteiger partial charge in [0.1, 0.15) is 5.75 Å². The van der Waals surface area contributed by atoms with Crippen LogP contribution in [0.25, 0.3) is 6.08 Å². The summed E-state index contributed by atoms with van der Waals surface area (Å²) in [6.07, 6.45) is 3.13. The predicted octanol–water partition coefficient (Wildman–Crippen LogP) is 3.10. The maximum Gasteiger partial charge on any atom is 0.255 e. The Morgan fingerprint density at radius 2 is 1.77 bits per heavy atom. The standard InChI is InChI=1S/C17H14ClNO3/c18-15-4-2-1-3-12(15)7-10-16(20)13-5-8-14(9-6-13)22-11-17(19)21/h1-10H,11H2,(H2,19,21)/b10-7+. The number of amides is 1. The van der Waals surface area contributed by atoms with Crippen molar-refractivity contribution < 1.29 is 14.3 Å². The SMILES string of the molecule is NC(=O)COc1ccc(C(=O)/C=C/c2ccccc2Cl)cc1. The van der Waals surface area contributed by atoms with Gasteiger partial charge in [0.15, 0.2) is 12.4 Å². The van der Waals surface area contributed by atoms with E-state index < -0.39 is 5.91 Å². The second-order valence-corrected chi connectivity index (χ2v) is 4.91. The van der Waals surface area contributed by atoms with Gasteiger partial charge in [-0.05, 0) is 48.0 Å². The number of halogens is 1. The summed E-state index contributed by atoms with van der Waals surface area (Å²) in [4.78, 5) is 22.7. The van der Waals surface area contributed by atoms with E-state index in [1.54, 1.807) is 36.4 Å². The van der Waals surface area contributed by atoms with Gasteiger partial charge in [0.25, 0.3) is 5.91 Å². The van der Waals surface area contributed by atoms with Crippen molar-refractivity contribution >= 4 is 29.4 Å². The molecule has 22 heavy (non-hydrogen) atoms. The first kappa shape index (κ1) is 15.8. The van der Waals surface area contributed by atoms with E-state index in [-0.39, 0.29) is 12.4 Å². The maximum atomic E-state index is 12.1. The minimum atomic E-state index is -0.553. The molecule has 0 radical (unpaired) electrons. The third-order valence-electron chi connectivity index (χ3n) is 2.84. The highest BCUT2D eigenvalue weighted by Gasteiger charge is 2.03. The van der Waals surface area contributed by atoms with E-state index >= 15 is 0 Å². The van der Waals surface area contributed by atoms with Crippen molar-refractivity contribution in [2.45, 2.75) is 0 Å². The quantitative estimate of drug-likeness (QED) is 0.658. The van der Waals surface area contributed by atoms with Gasteiger partial charge in [-0.3, -0.25) is 9.59 Å². The van der Waals surface area contributed by atoms with Gasteiger partial charge >= 0.3 is 0 Å². The summed E-state index contributed by atoms with van der Waals surface area (Å²) in [6.45, 7) is -0.195. The molecule has 0 saturated heterocycles. The van der Waals surface area contributed by atoms with Crippen molar-refractivity contribution in [3.05, 3.63) is 70.8 Å². The van der Waals surface area contributed by atoms with Gasteiger partial charge < -0.3 is 10.5 Å². The van der Waals surface area contributed by atoms with Crippen LogP contribution >= 0.6 is 11.6 Å². The van der Waals surface area contributed by atoms with Crippen molar-refractivity contribution in [2.75, 3.05) is 6.61 Å². The van der Waals surface area contributed by atoms with Gasteiger partial charge in [0.05, 0.1) is 0 Å². The van der Waals surface area contributed by atoms with Gasteiger partial charge in [-0.15, -0.1) is 0 Å². The average Bonchev–Trinajstić information content (AvgIpc) is 2.52. The highest BCUT2D eigenvalue weighted by Crippen LogP contribution is 2.17. The fourth-order valence-corrected chi connectivity index (χ4v) is 1.94. The Labute approximate surface area is 133 Å². The lowest BCUT2D eigenvalue weighted by Crippen LogP contribution is -2.19. The molecule has 2 N–H and O–H groups in total. The molecule has 0 aliphatic rings. The number of ether oxygens (including phenoxy) is 1. The van der Waals surface area contributed by atoms with E-state index in [2.05, 4.69) is 0 Å². The van der Waals surface area contributed by atoms with Crippen molar-refractivity contribution in [1.29, 1.82) is 0 Å². The summed E-state index contributed by atoms with van der Waals surface area (Å²) >= 11 is 6.02. The zero-order valence-electron chi connectivity index (χ0n) is 11.7. The largest absolute Gasteiger partial charge is 0.484 e. The summed E-state index contributed by atoms with van der Waals surface area (Å²) < 4.78 is 5.13. The number of nitrogens with two attached hydrogens (primary N) is 1. The minimum absolute atomic E-state index is 0.152. The molecule has 0 heterocycles. The van der Waals surface area contributed by atoms with Gasteiger partial charge in [-0.25, -0.2) is 0 Å². The third-order valence-corrected chi connectivity index (χ3v) is 3.18. The van der Waals surface area contributed by atoms with Crippen LogP contribution in [0, 0.1) is 0 Å². The molecule has 2 aromatic carbocycles. The zero-order chi connectivity index (χ0) is 15.9. The summed E-state index contributed by atoms with van der Waals surface area (Å²) in [5.74, 6) is -0.227. The molecule has 0 saturated carbocycles. The molecule has 2 rings (SSSR count). The Morgan fingerprint density at radius 3 is 2.41 bits per heavy atom. The first-order chi connectivity index (χ1) is 10.6. The molecule has 0 bridgehead atoms. The number of rotatable bonds is 6. The van der Waals surface area contributed by atoms with E-state index in [9.17, 15) is 9.59 Å². The normalized spacial score (nSPS) is 10.6. The Bertz CT molecular complexity index is 708. The Kier molecular flexibility index (Phi) is 5.33. The molecular formula is C17H14ClNO3. The molecule has 0 aliphatic heterocycles. The second kappa shape index (κ2) is 7.43. The van der Waals surface area contributed by atoms with Gasteiger partial charge in [0, 0.05) is 10.6 Å². The molecule has 0 aromatic heterocycles. The van der Waals surface area contributed by atoms with Crippen LogP contribution < -0.4 is 10.5 Å². The lowest BCUT2D eigenvalue weighted by atomic mass is 10.1. The summed E-state index contributed by atoms with van der Waals surface area (Å²) in [7, 11) is 0. The van der Waals surface area contributed by atoms with Crippen LogP contribution in [0.15, 0.2) is 54.6 Å². The monoisotopic (exact) mass is 315 g/mol. The lowest BCUT2D eigenvalue weighted by molar-refractivity contribution is -0.119. The second-order valence-electron chi connectivity index (χ2n) is 4.50. The number of hydrogen-bond donors (Lipinski definition) is 1. The fourth-order valence-electron chi connectivity index (χ4n) is 1.74. The molecule has 4 nitrogen and oxygen atoms in total. The molecule has 0 unspecified atom stereocenters. The number of carbonyl (C=O) groups is 2. The van der Waals surface area contributed by atoms with Gasteiger partial charge in [-0.1, -0.05) is 29.8 Å². The Hall–Kier alpha value is -2.59. The molecule has 0 fully saturated rings. The molecule has 0 atom stereocenters. The Balaban J connectivity index is 2.04. The lowest BCUT2D eigenvalue weighted by Gasteiger charge is -2.03.